The Morgan fingerprint density at radius 3 is 2.76 bits per heavy atom. The van der Waals surface area contributed by atoms with Crippen LogP contribution in [0, 0.1) is 0 Å². The molecule has 1 saturated carbocycles. The molecular weight excluding hydrogens is 321 g/mol. The zero-order chi connectivity index (χ0) is 17.4. The minimum absolute atomic E-state index is 0.124. The monoisotopic (exact) mass is 341 g/mol. The van der Waals surface area contributed by atoms with E-state index >= 15 is 4.39 Å². The van der Waals surface area contributed by atoms with Crippen molar-refractivity contribution in [1.29, 1.82) is 0 Å². The Kier molecular flexibility index (Phi) is 4.00. The lowest BCUT2D eigenvalue weighted by Crippen LogP contribution is -2.37. The number of benzene rings is 1. The molecule has 1 aliphatic heterocycles. The lowest BCUT2D eigenvalue weighted by Gasteiger charge is -2.23. The Morgan fingerprint density at radius 2 is 2.08 bits per heavy atom. The molecule has 2 aromatic rings. The number of likely N-dealkylation sites (tertiary alicyclic amines) is 1. The van der Waals surface area contributed by atoms with Crippen LogP contribution in [0.15, 0.2) is 42.9 Å². The van der Waals surface area contributed by atoms with Gasteiger partial charge in [-0.2, -0.15) is 0 Å². The predicted octanol–water partition coefficient (Wildman–Crippen LogP) is 2.29. The molecule has 1 aromatic heterocycles. The molecule has 2 atom stereocenters. The molecule has 1 amide bonds. The molecule has 4 rings (SSSR count). The van der Waals surface area contributed by atoms with Crippen LogP contribution in [0.2, 0.25) is 0 Å². The van der Waals surface area contributed by atoms with E-state index in [1.54, 1.807) is 0 Å². The first kappa shape index (κ1) is 16.1. The van der Waals surface area contributed by atoms with Crippen LogP contribution in [0.3, 0.4) is 0 Å². The largest absolute Gasteiger partial charge is 0.393 e. The standard InChI is InChI=1S/C19H20FN3O2/c20-19(11-24)10-23(9-16(19)13-4-2-1-3-5-13)18(25)15-8-21-12-22-17(15)14-6-7-14/h1-5,8,12,14,16,24H,6-7,9-11H2/t16-,19+/m0/s1. The minimum Gasteiger partial charge on any atom is -0.393 e. The molecule has 0 bridgehead atoms. The summed E-state index contributed by atoms with van der Waals surface area (Å²) < 4.78 is 15.3. The second-order valence-electron chi connectivity index (χ2n) is 6.94. The van der Waals surface area contributed by atoms with Crippen LogP contribution in [-0.4, -0.2) is 51.2 Å². The topological polar surface area (TPSA) is 66.3 Å². The van der Waals surface area contributed by atoms with Crippen molar-refractivity contribution in [3.63, 3.8) is 0 Å². The van der Waals surface area contributed by atoms with Gasteiger partial charge in [-0.05, 0) is 18.4 Å². The summed E-state index contributed by atoms with van der Waals surface area (Å²) in [6, 6.07) is 9.22. The molecule has 5 nitrogen and oxygen atoms in total. The van der Waals surface area contributed by atoms with Crippen molar-refractivity contribution in [2.75, 3.05) is 19.7 Å². The van der Waals surface area contributed by atoms with Gasteiger partial charge < -0.3 is 10.0 Å². The highest BCUT2D eigenvalue weighted by Gasteiger charge is 2.49. The predicted molar refractivity (Wildman–Crippen MR) is 90.0 cm³/mol. The maximum atomic E-state index is 15.3. The number of amides is 1. The highest BCUT2D eigenvalue weighted by Crippen LogP contribution is 2.42. The molecule has 1 N–H and O–H groups in total. The second-order valence-corrected chi connectivity index (χ2v) is 6.94. The van der Waals surface area contributed by atoms with E-state index in [0.29, 0.717) is 11.5 Å². The van der Waals surface area contributed by atoms with Gasteiger partial charge >= 0.3 is 0 Å². The molecular formula is C19H20FN3O2. The average molecular weight is 341 g/mol. The quantitative estimate of drug-likeness (QED) is 0.927. The van der Waals surface area contributed by atoms with Gasteiger partial charge in [0.05, 0.1) is 24.4 Å². The van der Waals surface area contributed by atoms with Crippen molar-refractivity contribution in [2.24, 2.45) is 0 Å². The Hall–Kier alpha value is -2.34. The summed E-state index contributed by atoms with van der Waals surface area (Å²) in [4.78, 5) is 22.7. The third-order valence-electron chi connectivity index (χ3n) is 5.17. The van der Waals surface area contributed by atoms with E-state index in [0.717, 1.165) is 24.1 Å². The van der Waals surface area contributed by atoms with Crippen molar-refractivity contribution in [2.45, 2.75) is 30.3 Å². The molecule has 25 heavy (non-hydrogen) atoms. The number of aliphatic hydroxyl groups is 1. The van der Waals surface area contributed by atoms with E-state index in [1.165, 1.54) is 17.4 Å². The fourth-order valence-electron chi connectivity index (χ4n) is 3.64. The molecule has 1 saturated heterocycles. The molecule has 0 spiro atoms. The summed E-state index contributed by atoms with van der Waals surface area (Å²) >= 11 is 0. The number of alkyl halides is 1. The van der Waals surface area contributed by atoms with Gasteiger partial charge in [0.25, 0.3) is 5.91 Å². The molecule has 1 aromatic carbocycles. The average Bonchev–Trinajstić information content (AvgIpc) is 3.44. The lowest BCUT2D eigenvalue weighted by molar-refractivity contribution is 0.0575. The Labute approximate surface area is 145 Å². The van der Waals surface area contributed by atoms with Crippen LogP contribution >= 0.6 is 0 Å². The number of nitrogens with zero attached hydrogens (tertiary/aromatic N) is 3. The molecule has 2 aliphatic rings. The van der Waals surface area contributed by atoms with Gasteiger partial charge in [-0.15, -0.1) is 0 Å². The SMILES string of the molecule is O=C(c1cncnc1C1CC1)N1C[C@@H](c2ccccc2)[C@](F)(CO)C1. The Morgan fingerprint density at radius 1 is 1.32 bits per heavy atom. The maximum Gasteiger partial charge on any atom is 0.257 e. The molecule has 0 unspecified atom stereocenters. The molecule has 2 heterocycles. The summed E-state index contributed by atoms with van der Waals surface area (Å²) in [6.45, 7) is -0.503. The van der Waals surface area contributed by atoms with E-state index in [9.17, 15) is 9.90 Å². The summed E-state index contributed by atoms with van der Waals surface area (Å²) in [5.41, 5.74) is 0.170. The summed E-state index contributed by atoms with van der Waals surface area (Å²) in [5.74, 6) is -0.490. The number of aliphatic hydroxyl groups excluding tert-OH is 1. The third kappa shape index (κ3) is 2.91. The van der Waals surface area contributed by atoms with Crippen LogP contribution in [0.4, 0.5) is 4.39 Å². The van der Waals surface area contributed by atoms with Crippen LogP contribution in [-0.2, 0) is 0 Å². The lowest BCUT2D eigenvalue weighted by atomic mass is 9.87. The molecule has 1 aliphatic carbocycles. The summed E-state index contributed by atoms with van der Waals surface area (Å²) in [7, 11) is 0. The first-order valence-corrected chi connectivity index (χ1v) is 8.56. The second kappa shape index (κ2) is 6.19. The number of rotatable bonds is 4. The smallest absolute Gasteiger partial charge is 0.257 e. The van der Waals surface area contributed by atoms with Gasteiger partial charge in [-0.25, -0.2) is 14.4 Å². The van der Waals surface area contributed by atoms with Crippen molar-refractivity contribution in [3.8, 4) is 0 Å². The van der Waals surface area contributed by atoms with Crippen LogP contribution in [0.1, 0.15) is 46.3 Å². The molecule has 2 fully saturated rings. The van der Waals surface area contributed by atoms with Crippen LogP contribution < -0.4 is 0 Å². The van der Waals surface area contributed by atoms with Gasteiger partial charge in [0.1, 0.15) is 6.33 Å². The fourth-order valence-corrected chi connectivity index (χ4v) is 3.64. The first-order chi connectivity index (χ1) is 12.1. The van der Waals surface area contributed by atoms with Gasteiger partial charge in [0.2, 0.25) is 0 Å². The van der Waals surface area contributed by atoms with Crippen LogP contribution in [0.25, 0.3) is 0 Å². The van der Waals surface area contributed by atoms with Crippen molar-refractivity contribution < 1.29 is 14.3 Å². The van der Waals surface area contributed by atoms with Gasteiger partial charge in [-0.1, -0.05) is 30.3 Å². The highest BCUT2D eigenvalue weighted by molar-refractivity contribution is 5.95. The summed E-state index contributed by atoms with van der Waals surface area (Å²) in [6.07, 6.45) is 5.02. The number of carbonyl (C=O) groups is 1. The van der Waals surface area contributed by atoms with E-state index < -0.39 is 18.2 Å². The normalized spacial score (nSPS) is 26.0. The van der Waals surface area contributed by atoms with E-state index in [1.807, 2.05) is 30.3 Å². The number of hydrogen-bond donors (Lipinski definition) is 1. The number of carbonyl (C=O) groups excluding carboxylic acids is 1. The van der Waals surface area contributed by atoms with Gasteiger partial charge in [0, 0.05) is 24.6 Å². The van der Waals surface area contributed by atoms with E-state index in [4.69, 9.17) is 0 Å². The zero-order valence-corrected chi connectivity index (χ0v) is 13.8. The molecule has 130 valence electrons. The maximum absolute atomic E-state index is 15.3. The van der Waals surface area contributed by atoms with Gasteiger partial charge in [-0.3, -0.25) is 4.79 Å². The van der Waals surface area contributed by atoms with E-state index in [2.05, 4.69) is 9.97 Å². The van der Waals surface area contributed by atoms with E-state index in [-0.39, 0.29) is 19.0 Å². The molecule has 6 heteroatoms. The zero-order valence-electron chi connectivity index (χ0n) is 13.8. The van der Waals surface area contributed by atoms with Crippen molar-refractivity contribution >= 4 is 5.91 Å². The summed E-state index contributed by atoms with van der Waals surface area (Å²) in [5, 5.41) is 9.64. The third-order valence-corrected chi connectivity index (χ3v) is 5.17. The highest BCUT2D eigenvalue weighted by atomic mass is 19.1. The van der Waals surface area contributed by atoms with Crippen molar-refractivity contribution in [3.05, 3.63) is 59.7 Å². The Bertz CT molecular complexity index is 781. The van der Waals surface area contributed by atoms with Crippen LogP contribution in [0.5, 0.6) is 0 Å². The van der Waals surface area contributed by atoms with Gasteiger partial charge in [0.15, 0.2) is 5.67 Å². The van der Waals surface area contributed by atoms with Crippen molar-refractivity contribution in [1.82, 2.24) is 14.9 Å². The minimum atomic E-state index is -1.84. The molecule has 0 radical (unpaired) electrons. The first-order valence-electron chi connectivity index (χ1n) is 8.56. The fraction of sp³-hybridized carbons (Fsp3) is 0.421. The number of aromatic nitrogens is 2. The number of hydrogen-bond acceptors (Lipinski definition) is 4. The Balaban J connectivity index is 1.63. The number of halogens is 1.